The highest BCUT2D eigenvalue weighted by molar-refractivity contribution is 7.98. The molecule has 0 bridgehead atoms. The number of benzene rings is 1. The van der Waals surface area contributed by atoms with Crippen LogP contribution in [-0.4, -0.2) is 31.7 Å². The number of nitrogens with zero attached hydrogens (tertiary/aromatic N) is 4. The topological polar surface area (TPSA) is 72.7 Å². The van der Waals surface area contributed by atoms with Crippen LogP contribution in [0.1, 0.15) is 10.4 Å². The van der Waals surface area contributed by atoms with Crippen LogP contribution in [0.3, 0.4) is 0 Å². The van der Waals surface area contributed by atoms with Gasteiger partial charge in [0.2, 0.25) is 0 Å². The van der Waals surface area contributed by atoms with Gasteiger partial charge in [-0.15, -0.1) is 23.1 Å². The van der Waals surface area contributed by atoms with E-state index >= 15 is 0 Å². The molecule has 3 heterocycles. The zero-order valence-electron chi connectivity index (χ0n) is 14.4. The van der Waals surface area contributed by atoms with Gasteiger partial charge in [-0.1, -0.05) is 12.1 Å². The first-order valence-corrected chi connectivity index (χ1v) is 10.2. The van der Waals surface area contributed by atoms with Crippen molar-refractivity contribution in [1.82, 2.24) is 19.5 Å². The third kappa shape index (κ3) is 3.76. The van der Waals surface area contributed by atoms with Gasteiger partial charge in [0.15, 0.2) is 5.13 Å². The van der Waals surface area contributed by atoms with Crippen molar-refractivity contribution in [3.8, 4) is 16.9 Å². The lowest BCUT2D eigenvalue weighted by Crippen LogP contribution is -2.13. The Bertz CT molecular complexity index is 1080. The fourth-order valence-corrected chi connectivity index (χ4v) is 3.85. The van der Waals surface area contributed by atoms with E-state index in [9.17, 15) is 4.79 Å². The third-order valence-corrected chi connectivity index (χ3v) is 5.35. The van der Waals surface area contributed by atoms with Gasteiger partial charge in [0.1, 0.15) is 5.03 Å². The molecule has 0 unspecified atom stereocenters. The van der Waals surface area contributed by atoms with E-state index in [0.717, 1.165) is 16.9 Å². The molecule has 0 aliphatic carbocycles. The first-order chi connectivity index (χ1) is 13.2. The molecule has 0 fully saturated rings. The fourth-order valence-electron chi connectivity index (χ4n) is 2.59. The maximum Gasteiger partial charge on any atom is 0.260 e. The second-order valence-corrected chi connectivity index (χ2v) is 7.23. The van der Waals surface area contributed by atoms with E-state index in [1.807, 2.05) is 46.7 Å². The molecule has 4 rings (SSSR count). The summed E-state index contributed by atoms with van der Waals surface area (Å²) >= 11 is 2.84. The summed E-state index contributed by atoms with van der Waals surface area (Å²) in [5.74, 6) is -0.208. The van der Waals surface area contributed by atoms with Crippen LogP contribution in [0.25, 0.3) is 16.9 Å². The molecule has 0 saturated heterocycles. The van der Waals surface area contributed by atoms with Crippen molar-refractivity contribution in [3.05, 3.63) is 72.3 Å². The lowest BCUT2D eigenvalue weighted by molar-refractivity contribution is 0.102. The average molecular weight is 393 g/mol. The maximum atomic E-state index is 12.5. The monoisotopic (exact) mass is 393 g/mol. The second kappa shape index (κ2) is 7.73. The Labute approximate surface area is 164 Å². The normalized spacial score (nSPS) is 10.7. The average Bonchev–Trinajstić information content (AvgIpc) is 3.40. The van der Waals surface area contributed by atoms with Gasteiger partial charge >= 0.3 is 0 Å². The SMILES string of the molecule is CSc1ncccc1C(=O)Nc1nc(-c2cccc(-n3ccnc3)c2)cs1. The number of thioether (sulfide) groups is 1. The quantitative estimate of drug-likeness (QED) is 0.510. The van der Waals surface area contributed by atoms with Crippen molar-refractivity contribution < 1.29 is 4.79 Å². The van der Waals surface area contributed by atoms with E-state index in [0.29, 0.717) is 15.7 Å². The first kappa shape index (κ1) is 17.4. The van der Waals surface area contributed by atoms with Crippen LogP contribution >= 0.6 is 23.1 Å². The molecule has 134 valence electrons. The van der Waals surface area contributed by atoms with E-state index < -0.39 is 0 Å². The van der Waals surface area contributed by atoms with E-state index in [1.54, 1.807) is 30.9 Å². The van der Waals surface area contributed by atoms with Crippen LogP contribution in [-0.2, 0) is 0 Å². The lowest BCUT2D eigenvalue weighted by atomic mass is 10.1. The summed E-state index contributed by atoms with van der Waals surface area (Å²) < 4.78 is 1.94. The standard InChI is InChI=1S/C19H15N5OS2/c1-26-18-15(6-3-7-21-18)17(25)23-19-22-16(11-27-19)13-4-2-5-14(10-13)24-9-8-20-12-24/h2-12H,1H3,(H,22,23,25). The number of amides is 1. The zero-order valence-corrected chi connectivity index (χ0v) is 16.0. The molecule has 1 N–H and O–H groups in total. The van der Waals surface area contributed by atoms with Crippen molar-refractivity contribution in [2.75, 3.05) is 11.6 Å². The first-order valence-electron chi connectivity index (χ1n) is 8.09. The molecule has 1 aromatic carbocycles. The number of rotatable bonds is 5. The summed E-state index contributed by atoms with van der Waals surface area (Å²) in [7, 11) is 0. The smallest absolute Gasteiger partial charge is 0.260 e. The Hall–Kier alpha value is -2.97. The number of thiazole rings is 1. The highest BCUT2D eigenvalue weighted by atomic mass is 32.2. The van der Waals surface area contributed by atoms with E-state index in [1.165, 1.54) is 23.1 Å². The van der Waals surface area contributed by atoms with Gasteiger partial charge in [-0.05, 0) is 30.5 Å². The minimum atomic E-state index is -0.208. The molecule has 4 aromatic rings. The molecule has 0 spiro atoms. The molecule has 6 nitrogen and oxygen atoms in total. The van der Waals surface area contributed by atoms with Gasteiger partial charge in [0.25, 0.3) is 5.91 Å². The number of hydrogen-bond acceptors (Lipinski definition) is 6. The number of nitrogens with one attached hydrogen (secondary N) is 1. The van der Waals surface area contributed by atoms with E-state index in [-0.39, 0.29) is 5.91 Å². The minimum absolute atomic E-state index is 0.208. The Balaban J connectivity index is 1.56. The predicted molar refractivity (Wildman–Crippen MR) is 109 cm³/mol. The summed E-state index contributed by atoms with van der Waals surface area (Å²) in [6, 6.07) is 11.5. The number of carbonyl (C=O) groups excluding carboxylic acids is 1. The van der Waals surface area contributed by atoms with Crippen LogP contribution in [0.5, 0.6) is 0 Å². The van der Waals surface area contributed by atoms with Gasteiger partial charge < -0.3 is 4.57 Å². The van der Waals surface area contributed by atoms with Crippen LogP contribution in [0.4, 0.5) is 5.13 Å². The molecule has 8 heteroatoms. The summed E-state index contributed by atoms with van der Waals surface area (Å²) in [4.78, 5) is 25.4. The summed E-state index contributed by atoms with van der Waals surface area (Å²) in [6.45, 7) is 0. The van der Waals surface area contributed by atoms with Gasteiger partial charge in [-0.25, -0.2) is 15.0 Å². The third-order valence-electron chi connectivity index (χ3n) is 3.88. The molecule has 0 aliphatic rings. The van der Waals surface area contributed by atoms with Crippen molar-refractivity contribution >= 4 is 34.1 Å². The fraction of sp³-hybridized carbons (Fsp3) is 0.0526. The highest BCUT2D eigenvalue weighted by Crippen LogP contribution is 2.27. The van der Waals surface area contributed by atoms with Crippen molar-refractivity contribution in [3.63, 3.8) is 0 Å². The molecule has 3 aromatic heterocycles. The largest absolute Gasteiger partial charge is 0.306 e. The van der Waals surface area contributed by atoms with Crippen molar-refractivity contribution in [2.24, 2.45) is 0 Å². The van der Waals surface area contributed by atoms with Crippen LogP contribution in [0.15, 0.2) is 71.7 Å². The number of anilines is 1. The van der Waals surface area contributed by atoms with Crippen LogP contribution in [0, 0.1) is 0 Å². The number of imidazole rings is 1. The number of hydrogen-bond donors (Lipinski definition) is 1. The Kier molecular flexibility index (Phi) is 4.99. The Morgan fingerprint density at radius 2 is 2.15 bits per heavy atom. The number of aromatic nitrogens is 4. The molecular weight excluding hydrogens is 378 g/mol. The van der Waals surface area contributed by atoms with Gasteiger partial charge in [0, 0.05) is 35.2 Å². The Morgan fingerprint density at radius 3 is 2.96 bits per heavy atom. The summed E-state index contributed by atoms with van der Waals surface area (Å²) in [6.07, 6.45) is 8.96. The van der Waals surface area contributed by atoms with E-state index in [4.69, 9.17) is 0 Å². The Morgan fingerprint density at radius 1 is 1.22 bits per heavy atom. The molecule has 0 atom stereocenters. The second-order valence-electron chi connectivity index (χ2n) is 5.57. The summed E-state index contributed by atoms with van der Waals surface area (Å²) in [5, 5.41) is 6.05. The lowest BCUT2D eigenvalue weighted by Gasteiger charge is -2.05. The predicted octanol–water partition coefficient (Wildman–Crippen LogP) is 4.37. The van der Waals surface area contributed by atoms with Gasteiger partial charge in [-0.3, -0.25) is 10.1 Å². The molecule has 1 amide bonds. The highest BCUT2D eigenvalue weighted by Gasteiger charge is 2.14. The summed E-state index contributed by atoms with van der Waals surface area (Å²) in [5.41, 5.74) is 3.34. The van der Waals surface area contributed by atoms with Crippen molar-refractivity contribution in [2.45, 2.75) is 5.03 Å². The minimum Gasteiger partial charge on any atom is -0.306 e. The van der Waals surface area contributed by atoms with Crippen LogP contribution in [0.2, 0.25) is 0 Å². The van der Waals surface area contributed by atoms with Crippen molar-refractivity contribution in [1.29, 1.82) is 0 Å². The van der Waals surface area contributed by atoms with Gasteiger partial charge in [0.05, 0.1) is 17.6 Å². The number of pyridine rings is 1. The zero-order chi connectivity index (χ0) is 18.6. The molecule has 0 aliphatic heterocycles. The molecular formula is C19H15N5OS2. The van der Waals surface area contributed by atoms with E-state index in [2.05, 4.69) is 20.3 Å². The van der Waals surface area contributed by atoms with Gasteiger partial charge in [-0.2, -0.15) is 0 Å². The number of carbonyl (C=O) groups is 1. The molecule has 0 saturated carbocycles. The molecule has 0 radical (unpaired) electrons. The van der Waals surface area contributed by atoms with Crippen LogP contribution < -0.4 is 5.32 Å². The molecule has 27 heavy (non-hydrogen) atoms. The maximum absolute atomic E-state index is 12.5.